The van der Waals surface area contributed by atoms with Crippen molar-refractivity contribution >= 4 is 23.5 Å². The fourth-order valence-corrected chi connectivity index (χ4v) is 2.38. The lowest BCUT2D eigenvalue weighted by Gasteiger charge is -2.13. The summed E-state index contributed by atoms with van der Waals surface area (Å²) in [5, 5.41) is 3.27. The fourth-order valence-electron chi connectivity index (χ4n) is 2.25. The van der Waals surface area contributed by atoms with Crippen LogP contribution in [-0.2, 0) is 16.1 Å². The molecule has 0 atom stereocenters. The topological polar surface area (TPSA) is 83.1 Å². The van der Waals surface area contributed by atoms with Crippen LogP contribution in [0.5, 0.6) is 17.2 Å². The van der Waals surface area contributed by atoms with Crippen LogP contribution in [-0.4, -0.2) is 39.8 Å². The van der Waals surface area contributed by atoms with Crippen LogP contribution in [0.15, 0.2) is 36.4 Å². The number of hydrogen-bond acceptors (Lipinski definition) is 6. The van der Waals surface area contributed by atoms with Crippen molar-refractivity contribution in [1.82, 2.24) is 5.32 Å². The molecule has 0 bridgehead atoms. The molecule has 0 saturated carbocycles. The van der Waals surface area contributed by atoms with Crippen molar-refractivity contribution in [3.63, 3.8) is 0 Å². The zero-order valence-electron chi connectivity index (χ0n) is 15.2. The van der Waals surface area contributed by atoms with Crippen LogP contribution < -0.4 is 19.5 Å². The SMILES string of the molecule is COc1cc(OC)c(C(=O)OCC(=O)NCc2ccc(Cl)cc2)cc1OC. The summed E-state index contributed by atoms with van der Waals surface area (Å²) in [6, 6.07) is 9.99. The number of benzene rings is 2. The standard InChI is InChI=1S/C19H20ClNO6/c1-24-15-9-17(26-3)16(25-2)8-14(15)19(23)27-11-18(22)21-10-12-4-6-13(20)7-5-12/h4-9H,10-11H2,1-3H3,(H,21,22). The number of hydrogen-bond donors (Lipinski definition) is 1. The van der Waals surface area contributed by atoms with Gasteiger partial charge < -0.3 is 24.3 Å². The molecule has 7 nitrogen and oxygen atoms in total. The number of ether oxygens (including phenoxy) is 4. The predicted octanol–water partition coefficient (Wildman–Crippen LogP) is 2.84. The van der Waals surface area contributed by atoms with Gasteiger partial charge in [-0.3, -0.25) is 4.79 Å². The third-order valence-corrected chi connectivity index (χ3v) is 3.91. The first-order valence-electron chi connectivity index (χ1n) is 7.96. The Balaban J connectivity index is 1.96. The molecule has 27 heavy (non-hydrogen) atoms. The smallest absolute Gasteiger partial charge is 0.342 e. The summed E-state index contributed by atoms with van der Waals surface area (Å²) in [6.45, 7) is -0.128. The molecule has 0 fully saturated rings. The second-order valence-corrected chi connectivity index (χ2v) is 5.82. The second kappa shape index (κ2) is 9.68. The number of amides is 1. The molecule has 0 spiro atoms. The molecule has 0 aliphatic carbocycles. The number of rotatable bonds is 8. The Bertz CT molecular complexity index is 807. The molecule has 144 valence electrons. The van der Waals surface area contributed by atoms with Crippen molar-refractivity contribution in [2.75, 3.05) is 27.9 Å². The van der Waals surface area contributed by atoms with E-state index in [-0.39, 0.29) is 11.3 Å². The largest absolute Gasteiger partial charge is 0.496 e. The maximum absolute atomic E-state index is 12.3. The molecule has 0 aliphatic heterocycles. The maximum atomic E-state index is 12.3. The van der Waals surface area contributed by atoms with E-state index in [1.54, 1.807) is 24.3 Å². The van der Waals surface area contributed by atoms with E-state index in [2.05, 4.69) is 5.32 Å². The monoisotopic (exact) mass is 393 g/mol. The van der Waals surface area contributed by atoms with E-state index in [1.165, 1.54) is 33.5 Å². The van der Waals surface area contributed by atoms with Gasteiger partial charge in [0.25, 0.3) is 5.91 Å². The summed E-state index contributed by atoms with van der Waals surface area (Å²) < 4.78 is 20.6. The molecule has 0 aliphatic rings. The van der Waals surface area contributed by atoms with E-state index >= 15 is 0 Å². The zero-order valence-corrected chi connectivity index (χ0v) is 16.0. The Kier molecular flexibility index (Phi) is 7.31. The van der Waals surface area contributed by atoms with Crippen LogP contribution in [0.3, 0.4) is 0 Å². The highest BCUT2D eigenvalue weighted by Gasteiger charge is 2.19. The molecule has 2 aromatic rings. The minimum Gasteiger partial charge on any atom is -0.496 e. The second-order valence-electron chi connectivity index (χ2n) is 5.39. The molecular formula is C19H20ClNO6. The lowest BCUT2D eigenvalue weighted by atomic mass is 10.1. The molecule has 0 saturated heterocycles. The molecule has 1 amide bonds. The van der Waals surface area contributed by atoms with Gasteiger partial charge in [-0.25, -0.2) is 4.79 Å². The summed E-state index contributed by atoms with van der Waals surface area (Å²) in [6.07, 6.45) is 0. The summed E-state index contributed by atoms with van der Waals surface area (Å²) >= 11 is 5.81. The third-order valence-electron chi connectivity index (χ3n) is 3.66. The lowest BCUT2D eigenvalue weighted by Crippen LogP contribution is -2.28. The van der Waals surface area contributed by atoms with Gasteiger partial charge in [-0.15, -0.1) is 0 Å². The van der Waals surface area contributed by atoms with E-state index in [1.807, 2.05) is 0 Å². The minimum absolute atomic E-state index is 0.126. The van der Waals surface area contributed by atoms with Crippen LogP contribution in [0.25, 0.3) is 0 Å². The third kappa shape index (κ3) is 5.52. The highest BCUT2D eigenvalue weighted by molar-refractivity contribution is 6.30. The summed E-state index contributed by atoms with van der Waals surface area (Å²) in [5.41, 5.74) is 1.00. The Labute approximate surface area is 162 Å². The van der Waals surface area contributed by atoms with Crippen molar-refractivity contribution in [3.8, 4) is 17.2 Å². The zero-order chi connectivity index (χ0) is 19.8. The Morgan fingerprint density at radius 2 is 1.52 bits per heavy atom. The molecule has 0 radical (unpaired) electrons. The van der Waals surface area contributed by atoms with E-state index in [4.69, 9.17) is 30.5 Å². The minimum atomic E-state index is -0.713. The van der Waals surface area contributed by atoms with Crippen LogP contribution in [0.4, 0.5) is 0 Å². The van der Waals surface area contributed by atoms with E-state index in [9.17, 15) is 9.59 Å². The molecule has 8 heteroatoms. The van der Waals surface area contributed by atoms with Gasteiger partial charge in [0.2, 0.25) is 0 Å². The van der Waals surface area contributed by atoms with Gasteiger partial charge in [0.1, 0.15) is 11.3 Å². The molecule has 2 aromatic carbocycles. The van der Waals surface area contributed by atoms with E-state index in [0.29, 0.717) is 23.1 Å². The van der Waals surface area contributed by atoms with Gasteiger partial charge in [-0.05, 0) is 17.7 Å². The van der Waals surface area contributed by atoms with Gasteiger partial charge in [0.05, 0.1) is 21.3 Å². The number of methoxy groups -OCH3 is 3. The van der Waals surface area contributed by atoms with Crippen molar-refractivity contribution in [3.05, 3.63) is 52.5 Å². The summed E-state index contributed by atoms with van der Waals surface area (Å²) in [5.74, 6) is -0.143. The highest BCUT2D eigenvalue weighted by atomic mass is 35.5. The molecule has 0 unspecified atom stereocenters. The van der Waals surface area contributed by atoms with Gasteiger partial charge in [-0.1, -0.05) is 23.7 Å². The Morgan fingerprint density at radius 1 is 0.926 bits per heavy atom. The van der Waals surface area contributed by atoms with Crippen molar-refractivity contribution in [1.29, 1.82) is 0 Å². The number of halogens is 1. The van der Waals surface area contributed by atoms with Gasteiger partial charge in [-0.2, -0.15) is 0 Å². The molecular weight excluding hydrogens is 374 g/mol. The summed E-state index contributed by atoms with van der Waals surface area (Å²) in [7, 11) is 4.33. The molecule has 0 heterocycles. The maximum Gasteiger partial charge on any atom is 0.342 e. The van der Waals surface area contributed by atoms with E-state index in [0.717, 1.165) is 5.56 Å². The Morgan fingerprint density at radius 3 is 2.11 bits per heavy atom. The normalized spacial score (nSPS) is 10.1. The van der Waals surface area contributed by atoms with Crippen LogP contribution >= 0.6 is 11.6 Å². The number of carbonyl (C=O) groups excluding carboxylic acids is 2. The first-order valence-corrected chi connectivity index (χ1v) is 8.34. The van der Waals surface area contributed by atoms with Crippen LogP contribution in [0, 0.1) is 0 Å². The van der Waals surface area contributed by atoms with Crippen LogP contribution in [0.2, 0.25) is 5.02 Å². The number of nitrogens with one attached hydrogen (secondary N) is 1. The van der Waals surface area contributed by atoms with E-state index < -0.39 is 18.5 Å². The molecule has 2 rings (SSSR count). The number of carbonyl (C=O) groups is 2. The molecule has 1 N–H and O–H groups in total. The molecule has 0 aromatic heterocycles. The highest BCUT2D eigenvalue weighted by Crippen LogP contribution is 2.34. The van der Waals surface area contributed by atoms with Gasteiger partial charge in [0, 0.05) is 23.7 Å². The Hall–Kier alpha value is -2.93. The van der Waals surface area contributed by atoms with Gasteiger partial charge in [0.15, 0.2) is 18.1 Å². The summed E-state index contributed by atoms with van der Waals surface area (Å²) in [4.78, 5) is 24.2. The average molecular weight is 394 g/mol. The van der Waals surface area contributed by atoms with Crippen molar-refractivity contribution in [2.45, 2.75) is 6.54 Å². The predicted molar refractivity (Wildman–Crippen MR) is 99.7 cm³/mol. The number of esters is 1. The van der Waals surface area contributed by atoms with Crippen molar-refractivity contribution < 1.29 is 28.5 Å². The quantitative estimate of drug-likeness (QED) is 0.694. The van der Waals surface area contributed by atoms with Crippen LogP contribution in [0.1, 0.15) is 15.9 Å². The first-order chi connectivity index (χ1) is 13.0. The lowest BCUT2D eigenvalue weighted by molar-refractivity contribution is -0.124. The average Bonchev–Trinajstić information content (AvgIpc) is 2.70. The fraction of sp³-hybridized carbons (Fsp3) is 0.263. The first kappa shape index (κ1) is 20.4. The van der Waals surface area contributed by atoms with Crippen molar-refractivity contribution in [2.24, 2.45) is 0 Å². The van der Waals surface area contributed by atoms with Gasteiger partial charge >= 0.3 is 5.97 Å².